The van der Waals surface area contributed by atoms with Crippen molar-refractivity contribution in [1.29, 1.82) is 0 Å². The molecule has 1 aromatic rings. The van der Waals surface area contributed by atoms with Crippen LogP contribution >= 0.6 is 0 Å². The SMILES string of the molecule is COC[C@H](N)c1ccc(N)c(F)c1. The molecule has 0 saturated carbocycles. The van der Waals surface area contributed by atoms with E-state index in [-0.39, 0.29) is 11.7 Å². The number of nitrogens with two attached hydrogens (primary N) is 2. The Morgan fingerprint density at radius 1 is 1.54 bits per heavy atom. The van der Waals surface area contributed by atoms with Gasteiger partial charge in [-0.05, 0) is 17.7 Å². The molecule has 1 atom stereocenters. The van der Waals surface area contributed by atoms with Gasteiger partial charge >= 0.3 is 0 Å². The highest BCUT2D eigenvalue weighted by atomic mass is 19.1. The van der Waals surface area contributed by atoms with Crippen molar-refractivity contribution in [3.8, 4) is 0 Å². The number of ether oxygens (including phenoxy) is 1. The van der Waals surface area contributed by atoms with E-state index in [0.29, 0.717) is 12.2 Å². The first-order valence-corrected chi connectivity index (χ1v) is 3.94. The summed E-state index contributed by atoms with van der Waals surface area (Å²) >= 11 is 0. The molecule has 0 radical (unpaired) electrons. The monoisotopic (exact) mass is 184 g/mol. The Morgan fingerprint density at radius 3 is 2.77 bits per heavy atom. The lowest BCUT2D eigenvalue weighted by molar-refractivity contribution is 0.181. The number of halogens is 1. The van der Waals surface area contributed by atoms with E-state index in [9.17, 15) is 4.39 Å². The molecule has 0 saturated heterocycles. The van der Waals surface area contributed by atoms with Gasteiger partial charge < -0.3 is 16.2 Å². The number of anilines is 1. The van der Waals surface area contributed by atoms with Gasteiger partial charge in [-0.15, -0.1) is 0 Å². The average molecular weight is 184 g/mol. The van der Waals surface area contributed by atoms with Gasteiger partial charge in [-0.25, -0.2) is 4.39 Å². The summed E-state index contributed by atoms with van der Waals surface area (Å²) in [5, 5.41) is 0. The number of nitrogen functional groups attached to an aromatic ring is 1. The van der Waals surface area contributed by atoms with Crippen molar-refractivity contribution in [2.45, 2.75) is 6.04 Å². The molecule has 4 N–H and O–H groups in total. The Morgan fingerprint density at radius 2 is 2.23 bits per heavy atom. The van der Waals surface area contributed by atoms with Crippen molar-refractivity contribution < 1.29 is 9.13 Å². The Hall–Kier alpha value is -1.13. The first kappa shape index (κ1) is 9.95. The highest BCUT2D eigenvalue weighted by molar-refractivity contribution is 5.42. The summed E-state index contributed by atoms with van der Waals surface area (Å²) in [6.45, 7) is 0.364. The van der Waals surface area contributed by atoms with Crippen molar-refractivity contribution >= 4 is 5.69 Å². The number of hydrogen-bond donors (Lipinski definition) is 2. The third-order valence-corrected chi connectivity index (χ3v) is 1.80. The molecular weight excluding hydrogens is 171 g/mol. The predicted molar refractivity (Wildman–Crippen MR) is 49.6 cm³/mol. The minimum atomic E-state index is -0.441. The highest BCUT2D eigenvalue weighted by Crippen LogP contribution is 2.16. The number of rotatable bonds is 3. The summed E-state index contributed by atoms with van der Waals surface area (Å²) in [5.74, 6) is -0.441. The van der Waals surface area contributed by atoms with Crippen LogP contribution < -0.4 is 11.5 Å². The van der Waals surface area contributed by atoms with Crippen LogP contribution in [0.15, 0.2) is 18.2 Å². The summed E-state index contributed by atoms with van der Waals surface area (Å²) in [7, 11) is 1.55. The lowest BCUT2D eigenvalue weighted by atomic mass is 10.1. The molecule has 0 spiro atoms. The largest absolute Gasteiger partial charge is 0.396 e. The van der Waals surface area contributed by atoms with Gasteiger partial charge in [0.2, 0.25) is 0 Å². The van der Waals surface area contributed by atoms with Crippen molar-refractivity contribution in [3.63, 3.8) is 0 Å². The van der Waals surface area contributed by atoms with E-state index in [2.05, 4.69) is 0 Å². The molecule has 72 valence electrons. The second-order valence-corrected chi connectivity index (χ2v) is 2.84. The maximum absolute atomic E-state index is 13.0. The van der Waals surface area contributed by atoms with Gasteiger partial charge in [-0.3, -0.25) is 0 Å². The van der Waals surface area contributed by atoms with Gasteiger partial charge in [0.25, 0.3) is 0 Å². The van der Waals surface area contributed by atoms with Crippen LogP contribution in [0, 0.1) is 5.82 Å². The lowest BCUT2D eigenvalue weighted by Crippen LogP contribution is -2.16. The van der Waals surface area contributed by atoms with Crippen LogP contribution in [0.3, 0.4) is 0 Å². The van der Waals surface area contributed by atoms with Crippen LogP contribution in [0.1, 0.15) is 11.6 Å². The molecule has 0 unspecified atom stereocenters. The van der Waals surface area contributed by atoms with Crippen molar-refractivity contribution in [2.75, 3.05) is 19.5 Å². The standard InChI is InChI=1S/C9H13FN2O/c1-13-5-9(12)6-2-3-8(11)7(10)4-6/h2-4,9H,5,11-12H2,1H3/t9-/m0/s1. The molecule has 13 heavy (non-hydrogen) atoms. The molecule has 1 rings (SSSR count). The lowest BCUT2D eigenvalue weighted by Gasteiger charge is -2.10. The van der Waals surface area contributed by atoms with Crippen molar-refractivity contribution in [2.24, 2.45) is 5.73 Å². The van der Waals surface area contributed by atoms with Gasteiger partial charge in [0.15, 0.2) is 0 Å². The predicted octanol–water partition coefficient (Wildman–Crippen LogP) is 1.05. The van der Waals surface area contributed by atoms with E-state index in [4.69, 9.17) is 16.2 Å². The molecule has 0 amide bonds. The van der Waals surface area contributed by atoms with Crippen LogP contribution in [0.2, 0.25) is 0 Å². The molecule has 0 heterocycles. The fourth-order valence-electron chi connectivity index (χ4n) is 1.05. The fourth-order valence-corrected chi connectivity index (χ4v) is 1.05. The van der Waals surface area contributed by atoms with E-state index in [1.54, 1.807) is 13.2 Å². The Labute approximate surface area is 76.5 Å². The van der Waals surface area contributed by atoms with Crippen LogP contribution in [0.25, 0.3) is 0 Å². The molecule has 0 aliphatic carbocycles. The zero-order valence-electron chi connectivity index (χ0n) is 7.46. The van der Waals surface area contributed by atoms with Gasteiger partial charge in [-0.1, -0.05) is 6.07 Å². The molecular formula is C9H13FN2O. The average Bonchev–Trinajstić information content (AvgIpc) is 2.10. The molecule has 0 bridgehead atoms. The molecule has 0 aliphatic heterocycles. The molecule has 0 fully saturated rings. The third kappa shape index (κ3) is 2.40. The number of benzene rings is 1. The third-order valence-electron chi connectivity index (χ3n) is 1.80. The minimum Gasteiger partial charge on any atom is -0.396 e. The Balaban J connectivity index is 2.84. The normalized spacial score (nSPS) is 12.8. The van der Waals surface area contributed by atoms with Crippen LogP contribution in [0.4, 0.5) is 10.1 Å². The molecule has 3 nitrogen and oxygen atoms in total. The fraction of sp³-hybridized carbons (Fsp3) is 0.333. The maximum Gasteiger partial charge on any atom is 0.146 e. The Kier molecular flexibility index (Phi) is 3.22. The van der Waals surface area contributed by atoms with Crippen LogP contribution in [-0.2, 0) is 4.74 Å². The van der Waals surface area contributed by atoms with E-state index < -0.39 is 5.82 Å². The van der Waals surface area contributed by atoms with E-state index >= 15 is 0 Å². The second kappa shape index (κ2) is 4.20. The smallest absolute Gasteiger partial charge is 0.146 e. The molecule has 4 heteroatoms. The first-order valence-electron chi connectivity index (χ1n) is 3.94. The highest BCUT2D eigenvalue weighted by Gasteiger charge is 2.07. The quantitative estimate of drug-likeness (QED) is 0.690. The van der Waals surface area contributed by atoms with Crippen molar-refractivity contribution in [3.05, 3.63) is 29.6 Å². The zero-order valence-corrected chi connectivity index (χ0v) is 7.46. The molecule has 1 aromatic carbocycles. The topological polar surface area (TPSA) is 61.3 Å². The minimum absolute atomic E-state index is 0.133. The van der Waals surface area contributed by atoms with Gasteiger partial charge in [0, 0.05) is 7.11 Å². The zero-order chi connectivity index (χ0) is 9.84. The van der Waals surface area contributed by atoms with E-state index in [1.807, 2.05) is 0 Å². The first-order chi connectivity index (χ1) is 6.15. The van der Waals surface area contributed by atoms with Gasteiger partial charge in [0.05, 0.1) is 18.3 Å². The van der Waals surface area contributed by atoms with Crippen LogP contribution in [-0.4, -0.2) is 13.7 Å². The van der Waals surface area contributed by atoms with E-state index in [0.717, 1.165) is 0 Å². The molecule has 0 aromatic heterocycles. The maximum atomic E-state index is 13.0. The van der Waals surface area contributed by atoms with Gasteiger partial charge in [0.1, 0.15) is 5.82 Å². The van der Waals surface area contributed by atoms with Crippen LogP contribution in [0.5, 0.6) is 0 Å². The van der Waals surface area contributed by atoms with Gasteiger partial charge in [-0.2, -0.15) is 0 Å². The second-order valence-electron chi connectivity index (χ2n) is 2.84. The summed E-state index contributed by atoms with van der Waals surface area (Å²) < 4.78 is 17.8. The summed E-state index contributed by atoms with van der Waals surface area (Å²) in [5.41, 5.74) is 11.8. The van der Waals surface area contributed by atoms with Crippen molar-refractivity contribution in [1.82, 2.24) is 0 Å². The molecule has 0 aliphatic rings. The number of methoxy groups -OCH3 is 1. The number of hydrogen-bond acceptors (Lipinski definition) is 3. The summed E-state index contributed by atoms with van der Waals surface area (Å²) in [4.78, 5) is 0. The summed E-state index contributed by atoms with van der Waals surface area (Å²) in [6, 6.07) is 4.22. The summed E-state index contributed by atoms with van der Waals surface area (Å²) in [6.07, 6.45) is 0. The van der Waals surface area contributed by atoms with E-state index in [1.165, 1.54) is 12.1 Å². The Bertz CT molecular complexity index is 291.